The first-order chi connectivity index (χ1) is 7.11. The Morgan fingerprint density at radius 1 is 1.60 bits per heavy atom. The first-order valence-corrected chi connectivity index (χ1v) is 6.87. The molecule has 0 radical (unpaired) electrons. The summed E-state index contributed by atoms with van der Waals surface area (Å²) in [5, 5.41) is 0. The third-order valence-electron chi connectivity index (χ3n) is 2.74. The van der Waals surface area contributed by atoms with Crippen molar-refractivity contribution >= 4 is 9.84 Å². The van der Waals surface area contributed by atoms with Gasteiger partial charge in [-0.05, 0) is 12.8 Å². The van der Waals surface area contributed by atoms with Crippen LogP contribution < -0.4 is 5.73 Å². The van der Waals surface area contributed by atoms with Crippen molar-refractivity contribution in [2.24, 2.45) is 5.73 Å². The number of aromatic nitrogens is 2. The molecule has 1 unspecified atom stereocenters. The van der Waals surface area contributed by atoms with Crippen molar-refractivity contribution in [1.29, 1.82) is 0 Å². The first kappa shape index (κ1) is 10.6. The van der Waals surface area contributed by atoms with Crippen LogP contribution >= 0.6 is 0 Å². The summed E-state index contributed by atoms with van der Waals surface area (Å²) in [5.41, 5.74) is 6.34. The van der Waals surface area contributed by atoms with E-state index in [-0.39, 0.29) is 11.7 Å². The van der Waals surface area contributed by atoms with E-state index in [4.69, 9.17) is 5.73 Å². The molecule has 1 aliphatic heterocycles. The summed E-state index contributed by atoms with van der Waals surface area (Å²) in [5.74, 6) is 1.34. The second-order valence-electron chi connectivity index (χ2n) is 3.94. The lowest BCUT2D eigenvalue weighted by Crippen LogP contribution is -2.23. The van der Waals surface area contributed by atoms with Gasteiger partial charge in [0.1, 0.15) is 5.82 Å². The minimum atomic E-state index is -2.86. The molecular weight excluding hydrogens is 214 g/mol. The molecule has 1 saturated heterocycles. The summed E-state index contributed by atoms with van der Waals surface area (Å²) in [6.07, 6.45) is 3.35. The summed E-state index contributed by atoms with van der Waals surface area (Å²) >= 11 is 0. The van der Waals surface area contributed by atoms with E-state index in [2.05, 4.69) is 9.97 Å². The molecule has 15 heavy (non-hydrogen) atoms. The topological polar surface area (TPSA) is 88.8 Å². The predicted molar refractivity (Wildman–Crippen MR) is 57.1 cm³/mol. The average Bonchev–Trinajstić information content (AvgIpc) is 2.64. The van der Waals surface area contributed by atoms with Crippen LogP contribution in [0.1, 0.15) is 30.3 Å². The molecular formula is C9H15N3O2S. The van der Waals surface area contributed by atoms with Crippen LogP contribution in [-0.2, 0) is 16.4 Å². The number of aromatic amines is 1. The normalized spacial score (nSPS) is 25.3. The zero-order valence-corrected chi connectivity index (χ0v) is 9.26. The van der Waals surface area contributed by atoms with Gasteiger partial charge in [-0.25, -0.2) is 13.4 Å². The van der Waals surface area contributed by atoms with Crippen molar-refractivity contribution in [2.45, 2.75) is 25.3 Å². The molecule has 6 heteroatoms. The summed E-state index contributed by atoms with van der Waals surface area (Å²) in [6, 6.07) is 0. The molecule has 0 saturated carbocycles. The molecule has 3 N–H and O–H groups in total. The highest BCUT2D eigenvalue weighted by molar-refractivity contribution is 7.91. The van der Waals surface area contributed by atoms with E-state index in [9.17, 15) is 8.42 Å². The van der Waals surface area contributed by atoms with E-state index < -0.39 is 9.84 Å². The van der Waals surface area contributed by atoms with Gasteiger partial charge in [0.15, 0.2) is 9.84 Å². The summed E-state index contributed by atoms with van der Waals surface area (Å²) in [7, 11) is -2.86. The molecule has 0 bridgehead atoms. The number of imidazole rings is 1. The molecule has 84 valence electrons. The lowest BCUT2D eigenvalue weighted by Gasteiger charge is -2.20. The van der Waals surface area contributed by atoms with Gasteiger partial charge in [0.25, 0.3) is 0 Å². The summed E-state index contributed by atoms with van der Waals surface area (Å²) in [6.45, 7) is 0.361. The maximum Gasteiger partial charge on any atom is 0.150 e. The molecule has 2 heterocycles. The maximum absolute atomic E-state index is 11.5. The second-order valence-corrected chi connectivity index (χ2v) is 6.17. The molecule has 1 aromatic rings. The molecule has 1 aromatic heterocycles. The van der Waals surface area contributed by atoms with Gasteiger partial charge in [-0.1, -0.05) is 0 Å². The Morgan fingerprint density at radius 2 is 2.40 bits per heavy atom. The SMILES string of the molecule is NCc1ncc(C2CCCS(=O)(=O)C2)[nH]1. The molecule has 1 fully saturated rings. The number of hydrogen-bond acceptors (Lipinski definition) is 4. The van der Waals surface area contributed by atoms with Crippen molar-refractivity contribution in [3.05, 3.63) is 17.7 Å². The molecule has 0 amide bonds. The number of rotatable bonds is 2. The number of sulfone groups is 1. The molecule has 0 aliphatic carbocycles. The number of nitrogens with one attached hydrogen (secondary N) is 1. The standard InChI is InChI=1S/C9H15N3O2S/c10-4-9-11-5-8(12-9)7-2-1-3-15(13,14)6-7/h5,7H,1-4,6,10H2,(H,11,12). The van der Waals surface area contributed by atoms with Gasteiger partial charge >= 0.3 is 0 Å². The van der Waals surface area contributed by atoms with Crippen LogP contribution in [0, 0.1) is 0 Å². The van der Waals surface area contributed by atoms with E-state index >= 15 is 0 Å². The Hall–Kier alpha value is -0.880. The first-order valence-electron chi connectivity index (χ1n) is 5.05. The van der Waals surface area contributed by atoms with E-state index in [1.54, 1.807) is 6.20 Å². The second kappa shape index (κ2) is 3.94. The smallest absolute Gasteiger partial charge is 0.150 e. The Morgan fingerprint density at radius 3 is 3.00 bits per heavy atom. The Bertz CT molecular complexity index is 438. The van der Waals surface area contributed by atoms with Gasteiger partial charge in [0.05, 0.1) is 18.1 Å². The van der Waals surface area contributed by atoms with E-state index in [1.165, 1.54) is 0 Å². The van der Waals surface area contributed by atoms with Crippen molar-refractivity contribution in [3.8, 4) is 0 Å². The summed E-state index contributed by atoms with van der Waals surface area (Å²) < 4.78 is 22.9. The molecule has 2 rings (SSSR count). The largest absolute Gasteiger partial charge is 0.345 e. The highest BCUT2D eigenvalue weighted by Crippen LogP contribution is 2.26. The monoisotopic (exact) mass is 229 g/mol. The molecule has 1 aliphatic rings. The molecule has 0 aromatic carbocycles. The Kier molecular flexibility index (Phi) is 2.79. The minimum Gasteiger partial charge on any atom is -0.345 e. The quantitative estimate of drug-likeness (QED) is 0.756. The third kappa shape index (κ3) is 2.38. The van der Waals surface area contributed by atoms with Gasteiger partial charge in [0.2, 0.25) is 0 Å². The van der Waals surface area contributed by atoms with E-state index in [0.29, 0.717) is 18.1 Å². The Balaban J connectivity index is 2.17. The minimum absolute atomic E-state index is 0.0662. The summed E-state index contributed by atoms with van der Waals surface area (Å²) in [4.78, 5) is 7.15. The maximum atomic E-state index is 11.5. The lowest BCUT2D eigenvalue weighted by molar-refractivity contribution is 0.550. The van der Waals surface area contributed by atoms with Gasteiger partial charge in [-0.3, -0.25) is 0 Å². The van der Waals surface area contributed by atoms with Gasteiger partial charge in [0, 0.05) is 17.8 Å². The van der Waals surface area contributed by atoms with E-state index in [1.807, 2.05) is 0 Å². The lowest BCUT2D eigenvalue weighted by atomic mass is 10.0. The van der Waals surface area contributed by atoms with Crippen LogP contribution in [0.2, 0.25) is 0 Å². The molecule has 1 atom stereocenters. The van der Waals surface area contributed by atoms with Crippen molar-refractivity contribution in [3.63, 3.8) is 0 Å². The van der Waals surface area contributed by atoms with Crippen molar-refractivity contribution < 1.29 is 8.42 Å². The number of nitrogens with two attached hydrogens (primary N) is 1. The van der Waals surface area contributed by atoms with Gasteiger partial charge < -0.3 is 10.7 Å². The van der Waals surface area contributed by atoms with Crippen molar-refractivity contribution in [2.75, 3.05) is 11.5 Å². The van der Waals surface area contributed by atoms with Crippen LogP contribution in [0.5, 0.6) is 0 Å². The van der Waals surface area contributed by atoms with Crippen LogP contribution in [-0.4, -0.2) is 29.9 Å². The zero-order valence-electron chi connectivity index (χ0n) is 8.44. The average molecular weight is 229 g/mol. The van der Waals surface area contributed by atoms with Gasteiger partial charge in [-0.15, -0.1) is 0 Å². The molecule has 5 nitrogen and oxygen atoms in total. The zero-order chi connectivity index (χ0) is 10.9. The fourth-order valence-corrected chi connectivity index (χ4v) is 3.69. The fourth-order valence-electron chi connectivity index (χ4n) is 1.96. The number of nitrogens with zero attached hydrogens (tertiary/aromatic N) is 1. The van der Waals surface area contributed by atoms with E-state index in [0.717, 1.165) is 18.5 Å². The number of hydrogen-bond donors (Lipinski definition) is 2. The highest BCUT2D eigenvalue weighted by atomic mass is 32.2. The predicted octanol–water partition coefficient (Wildman–Crippen LogP) is 0.161. The van der Waals surface area contributed by atoms with Crippen LogP contribution in [0.4, 0.5) is 0 Å². The Labute approximate surface area is 89.0 Å². The third-order valence-corrected chi connectivity index (χ3v) is 4.57. The fraction of sp³-hybridized carbons (Fsp3) is 0.667. The van der Waals surface area contributed by atoms with Crippen LogP contribution in [0.15, 0.2) is 6.20 Å². The van der Waals surface area contributed by atoms with Crippen LogP contribution in [0.3, 0.4) is 0 Å². The highest BCUT2D eigenvalue weighted by Gasteiger charge is 2.26. The van der Waals surface area contributed by atoms with Crippen LogP contribution in [0.25, 0.3) is 0 Å². The van der Waals surface area contributed by atoms with Crippen molar-refractivity contribution in [1.82, 2.24) is 9.97 Å². The molecule has 0 spiro atoms. The van der Waals surface area contributed by atoms with Gasteiger partial charge in [-0.2, -0.15) is 0 Å². The number of H-pyrrole nitrogens is 1.